The Morgan fingerprint density at radius 3 is 2.94 bits per heavy atom. The second-order valence-corrected chi connectivity index (χ2v) is 5.27. The lowest BCUT2D eigenvalue weighted by molar-refractivity contribution is 0.973. The van der Waals surface area contributed by atoms with Crippen LogP contribution in [-0.4, -0.2) is 15.2 Å². The minimum atomic E-state index is 0.707. The van der Waals surface area contributed by atoms with E-state index in [2.05, 4.69) is 15.2 Å². The molecule has 0 unspecified atom stereocenters. The first-order valence-electron chi connectivity index (χ1n) is 5.51. The number of hydrogen-bond acceptors (Lipinski definition) is 3. The monoisotopic (exact) mass is 275 g/mol. The van der Waals surface area contributed by atoms with Gasteiger partial charge in [-0.3, -0.25) is 5.10 Å². The number of thiophene rings is 1. The van der Waals surface area contributed by atoms with Gasteiger partial charge in [-0.15, -0.1) is 11.3 Å². The van der Waals surface area contributed by atoms with E-state index in [1.54, 1.807) is 11.3 Å². The normalized spacial score (nSPS) is 10.7. The summed E-state index contributed by atoms with van der Waals surface area (Å²) in [4.78, 5) is 5.55. The van der Waals surface area contributed by atoms with E-state index < -0.39 is 0 Å². The van der Waals surface area contributed by atoms with E-state index >= 15 is 0 Å². The lowest BCUT2D eigenvalue weighted by Crippen LogP contribution is -1.90. The third-order valence-corrected chi connectivity index (χ3v) is 3.63. The molecule has 1 N–H and O–H groups in total. The first-order chi connectivity index (χ1) is 8.81. The molecule has 0 atom stereocenters. The van der Waals surface area contributed by atoms with Crippen LogP contribution in [0.25, 0.3) is 10.7 Å². The molecular formula is C13H10ClN3S. The zero-order valence-corrected chi connectivity index (χ0v) is 11.0. The molecule has 18 heavy (non-hydrogen) atoms. The molecule has 0 bridgehead atoms. The van der Waals surface area contributed by atoms with E-state index in [-0.39, 0.29) is 0 Å². The smallest absolute Gasteiger partial charge is 0.191 e. The molecule has 5 heteroatoms. The van der Waals surface area contributed by atoms with Gasteiger partial charge in [-0.25, -0.2) is 4.98 Å². The Labute approximate surface area is 113 Å². The molecule has 0 aliphatic carbocycles. The highest BCUT2D eigenvalue weighted by molar-refractivity contribution is 7.13. The van der Waals surface area contributed by atoms with Crippen LogP contribution in [0.5, 0.6) is 0 Å². The highest BCUT2D eigenvalue weighted by Gasteiger charge is 2.07. The molecule has 0 fully saturated rings. The zero-order chi connectivity index (χ0) is 12.4. The van der Waals surface area contributed by atoms with Crippen LogP contribution in [-0.2, 0) is 6.42 Å². The molecule has 3 nitrogen and oxygen atoms in total. The summed E-state index contributed by atoms with van der Waals surface area (Å²) in [6, 6.07) is 11.8. The first kappa shape index (κ1) is 11.4. The lowest BCUT2D eigenvalue weighted by Gasteiger charge is -1.97. The molecule has 0 aliphatic rings. The maximum absolute atomic E-state index is 5.95. The van der Waals surface area contributed by atoms with Gasteiger partial charge in [0.25, 0.3) is 0 Å². The highest BCUT2D eigenvalue weighted by Crippen LogP contribution is 2.21. The maximum Gasteiger partial charge on any atom is 0.191 e. The van der Waals surface area contributed by atoms with Gasteiger partial charge in [0.2, 0.25) is 0 Å². The Morgan fingerprint density at radius 1 is 1.22 bits per heavy atom. The van der Waals surface area contributed by atoms with Gasteiger partial charge >= 0.3 is 0 Å². The number of nitrogens with one attached hydrogen (secondary N) is 1. The Balaban J connectivity index is 1.82. The molecular weight excluding hydrogens is 266 g/mol. The molecule has 2 heterocycles. The van der Waals surface area contributed by atoms with Crippen LogP contribution in [0.1, 0.15) is 11.4 Å². The van der Waals surface area contributed by atoms with Crippen molar-refractivity contribution in [3.05, 3.63) is 58.2 Å². The van der Waals surface area contributed by atoms with E-state index in [0.717, 1.165) is 27.1 Å². The summed E-state index contributed by atoms with van der Waals surface area (Å²) in [6.45, 7) is 0. The Morgan fingerprint density at radius 2 is 2.17 bits per heavy atom. The van der Waals surface area contributed by atoms with Crippen LogP contribution >= 0.6 is 22.9 Å². The van der Waals surface area contributed by atoms with Gasteiger partial charge in [0.15, 0.2) is 5.82 Å². The van der Waals surface area contributed by atoms with Gasteiger partial charge < -0.3 is 0 Å². The third kappa shape index (κ3) is 2.44. The number of halogens is 1. The van der Waals surface area contributed by atoms with Crippen molar-refractivity contribution in [3.63, 3.8) is 0 Å². The fraction of sp³-hybridized carbons (Fsp3) is 0.0769. The van der Waals surface area contributed by atoms with Crippen molar-refractivity contribution in [3.8, 4) is 10.7 Å². The van der Waals surface area contributed by atoms with Gasteiger partial charge in [-0.05, 0) is 29.1 Å². The molecule has 0 saturated heterocycles. The van der Waals surface area contributed by atoms with Gasteiger partial charge in [-0.1, -0.05) is 29.8 Å². The predicted molar refractivity (Wildman–Crippen MR) is 74.0 cm³/mol. The summed E-state index contributed by atoms with van der Waals surface area (Å²) in [7, 11) is 0. The Hall–Kier alpha value is -1.65. The molecule has 3 aromatic rings. The Kier molecular flexibility index (Phi) is 3.13. The van der Waals surface area contributed by atoms with Gasteiger partial charge in [0.05, 0.1) is 4.88 Å². The topological polar surface area (TPSA) is 41.6 Å². The number of nitrogens with zero attached hydrogens (tertiary/aromatic N) is 2. The van der Waals surface area contributed by atoms with Crippen molar-refractivity contribution in [2.75, 3.05) is 0 Å². The third-order valence-electron chi connectivity index (χ3n) is 2.53. The number of benzene rings is 1. The van der Waals surface area contributed by atoms with Gasteiger partial charge in [-0.2, -0.15) is 5.10 Å². The van der Waals surface area contributed by atoms with Crippen LogP contribution in [0, 0.1) is 0 Å². The fourth-order valence-electron chi connectivity index (χ4n) is 1.73. The number of aromatic nitrogens is 3. The van der Waals surface area contributed by atoms with Crippen molar-refractivity contribution in [1.29, 1.82) is 0 Å². The first-order valence-corrected chi connectivity index (χ1v) is 6.76. The molecule has 1 aromatic carbocycles. The summed E-state index contributed by atoms with van der Waals surface area (Å²) in [5.74, 6) is 1.60. The fourth-order valence-corrected chi connectivity index (χ4v) is 2.60. The van der Waals surface area contributed by atoms with Crippen molar-refractivity contribution < 1.29 is 0 Å². The summed E-state index contributed by atoms with van der Waals surface area (Å²) in [5.41, 5.74) is 1.12. The minimum absolute atomic E-state index is 0.707. The molecule has 0 aliphatic heterocycles. The van der Waals surface area contributed by atoms with Crippen LogP contribution in [0.2, 0.25) is 5.02 Å². The van der Waals surface area contributed by atoms with Gasteiger partial charge in [0.1, 0.15) is 5.82 Å². The lowest BCUT2D eigenvalue weighted by atomic mass is 10.1. The molecule has 2 aromatic heterocycles. The number of rotatable bonds is 3. The molecule has 90 valence electrons. The number of aromatic amines is 1. The molecule has 0 amide bonds. The SMILES string of the molecule is Clc1cccc(Cc2nc(-c3cccs3)n[nH]2)c1. The van der Waals surface area contributed by atoms with E-state index in [4.69, 9.17) is 11.6 Å². The number of H-pyrrole nitrogens is 1. The van der Waals surface area contributed by atoms with E-state index in [0.29, 0.717) is 6.42 Å². The molecule has 0 radical (unpaired) electrons. The molecule has 0 spiro atoms. The average molecular weight is 276 g/mol. The van der Waals surface area contributed by atoms with Crippen molar-refractivity contribution in [1.82, 2.24) is 15.2 Å². The zero-order valence-electron chi connectivity index (χ0n) is 9.43. The maximum atomic E-state index is 5.95. The van der Waals surface area contributed by atoms with Crippen molar-refractivity contribution >= 4 is 22.9 Å². The predicted octanol–water partition coefficient (Wildman–Crippen LogP) is 3.78. The van der Waals surface area contributed by atoms with Crippen LogP contribution in [0.4, 0.5) is 0 Å². The van der Waals surface area contributed by atoms with Gasteiger partial charge in [0, 0.05) is 11.4 Å². The van der Waals surface area contributed by atoms with Crippen molar-refractivity contribution in [2.45, 2.75) is 6.42 Å². The average Bonchev–Trinajstić information content (AvgIpc) is 2.98. The van der Waals surface area contributed by atoms with E-state index in [1.807, 2.05) is 41.8 Å². The second-order valence-electron chi connectivity index (χ2n) is 3.89. The van der Waals surface area contributed by atoms with Crippen LogP contribution in [0.3, 0.4) is 0 Å². The quantitative estimate of drug-likeness (QED) is 0.790. The number of hydrogen-bond donors (Lipinski definition) is 1. The minimum Gasteiger partial charge on any atom is -0.262 e. The second kappa shape index (κ2) is 4.92. The highest BCUT2D eigenvalue weighted by atomic mass is 35.5. The summed E-state index contributed by atoms with van der Waals surface area (Å²) >= 11 is 7.58. The van der Waals surface area contributed by atoms with Crippen LogP contribution in [0.15, 0.2) is 41.8 Å². The summed E-state index contributed by atoms with van der Waals surface area (Å²) in [5, 5.41) is 9.94. The van der Waals surface area contributed by atoms with E-state index in [1.165, 1.54) is 0 Å². The van der Waals surface area contributed by atoms with E-state index in [9.17, 15) is 0 Å². The molecule has 0 saturated carbocycles. The van der Waals surface area contributed by atoms with Crippen LogP contribution < -0.4 is 0 Å². The van der Waals surface area contributed by atoms with Crippen molar-refractivity contribution in [2.24, 2.45) is 0 Å². The summed E-state index contributed by atoms with van der Waals surface area (Å²) in [6.07, 6.45) is 0.707. The standard InChI is InChI=1S/C13H10ClN3S/c14-10-4-1-3-9(7-10)8-12-15-13(17-16-12)11-5-2-6-18-11/h1-7H,8H2,(H,15,16,17). The summed E-state index contributed by atoms with van der Waals surface area (Å²) < 4.78 is 0. The Bertz CT molecular complexity index is 646. The molecule has 3 rings (SSSR count). The largest absolute Gasteiger partial charge is 0.262 e.